The molecule has 2 aliphatic rings. The van der Waals surface area contributed by atoms with Crippen LogP contribution in [-0.4, -0.2) is 37.1 Å². The first kappa shape index (κ1) is 10.7. The summed E-state index contributed by atoms with van der Waals surface area (Å²) in [6, 6.07) is 0.684. The van der Waals surface area contributed by atoms with E-state index in [0.717, 1.165) is 24.0 Å². The molecule has 0 aromatic carbocycles. The van der Waals surface area contributed by atoms with Crippen LogP contribution in [0.15, 0.2) is 10.6 Å². The van der Waals surface area contributed by atoms with Crippen LogP contribution in [0.5, 0.6) is 0 Å². The molecular weight excluding hydrogens is 219 g/mol. The maximum atomic E-state index is 5.91. The van der Waals surface area contributed by atoms with Gasteiger partial charge in [-0.25, -0.2) is 0 Å². The van der Waals surface area contributed by atoms with Crippen LogP contribution in [-0.2, 0) is 0 Å². The minimum absolute atomic E-state index is 0.684. The van der Waals surface area contributed by atoms with Gasteiger partial charge in [0.2, 0.25) is 0 Å². The summed E-state index contributed by atoms with van der Waals surface area (Å²) in [6.07, 6.45) is 2.67. The van der Waals surface area contributed by atoms with Crippen molar-refractivity contribution in [2.75, 3.05) is 26.2 Å². The Balaban J connectivity index is 1.86. The summed E-state index contributed by atoms with van der Waals surface area (Å²) in [6.45, 7) is 4.26. The topological polar surface area (TPSA) is 15.3 Å². The van der Waals surface area contributed by atoms with Crippen molar-refractivity contribution in [3.8, 4) is 0 Å². The third kappa shape index (κ3) is 2.43. The summed E-state index contributed by atoms with van der Waals surface area (Å²) in [5, 5.41) is 4.31. The Hall–Kier alpha value is 0.240. The Bertz CT molecular complexity index is 216. The van der Waals surface area contributed by atoms with Crippen LogP contribution in [0.3, 0.4) is 0 Å². The highest BCUT2D eigenvalue weighted by Gasteiger charge is 2.33. The van der Waals surface area contributed by atoms with Gasteiger partial charge in [0.1, 0.15) is 0 Å². The molecule has 0 bridgehead atoms. The maximum Gasteiger partial charge on any atom is 0.0434 e. The fraction of sp³-hybridized carbons (Fsp3) is 0.800. The van der Waals surface area contributed by atoms with E-state index in [9.17, 15) is 0 Å². The zero-order valence-electron chi connectivity index (χ0n) is 8.18. The monoisotopic (exact) mass is 234 g/mol. The molecule has 2 rings (SSSR count). The van der Waals surface area contributed by atoms with Crippen molar-refractivity contribution in [3.63, 3.8) is 0 Å². The molecule has 80 valence electrons. The number of fused-ring (bicyclic) bond motifs is 1. The van der Waals surface area contributed by atoms with Gasteiger partial charge in [-0.3, -0.25) is 4.90 Å². The van der Waals surface area contributed by atoms with Crippen LogP contribution in [0.25, 0.3) is 0 Å². The summed E-state index contributed by atoms with van der Waals surface area (Å²) in [7, 11) is 0. The second kappa shape index (κ2) is 4.84. The zero-order chi connectivity index (χ0) is 9.97. The fourth-order valence-electron chi connectivity index (χ4n) is 2.51. The van der Waals surface area contributed by atoms with Gasteiger partial charge in [0.25, 0.3) is 0 Å². The Morgan fingerprint density at radius 3 is 3.07 bits per heavy atom. The number of rotatable bonds is 2. The SMILES string of the molecule is Cl/C=C(/Cl)CN1CC2CCCNC2C1. The van der Waals surface area contributed by atoms with Crippen LogP contribution in [0.2, 0.25) is 0 Å². The molecule has 4 heteroatoms. The number of hydrogen-bond donors (Lipinski definition) is 1. The lowest BCUT2D eigenvalue weighted by molar-refractivity contribution is 0.335. The van der Waals surface area contributed by atoms with E-state index in [0.29, 0.717) is 6.04 Å². The van der Waals surface area contributed by atoms with E-state index >= 15 is 0 Å². The van der Waals surface area contributed by atoms with E-state index in [-0.39, 0.29) is 0 Å². The average Bonchev–Trinajstić information content (AvgIpc) is 2.59. The lowest BCUT2D eigenvalue weighted by Crippen LogP contribution is -2.40. The Kier molecular flexibility index (Phi) is 3.72. The predicted octanol–water partition coefficient (Wildman–Crippen LogP) is 1.99. The lowest BCUT2D eigenvalue weighted by atomic mass is 9.94. The van der Waals surface area contributed by atoms with Gasteiger partial charge in [-0.2, -0.15) is 0 Å². The predicted molar refractivity (Wildman–Crippen MR) is 60.7 cm³/mol. The summed E-state index contributed by atoms with van der Waals surface area (Å²) in [4.78, 5) is 2.38. The largest absolute Gasteiger partial charge is 0.312 e. The third-order valence-electron chi connectivity index (χ3n) is 3.17. The number of halogens is 2. The van der Waals surface area contributed by atoms with Gasteiger partial charge < -0.3 is 5.32 Å². The van der Waals surface area contributed by atoms with Crippen molar-refractivity contribution in [3.05, 3.63) is 10.6 Å². The minimum atomic E-state index is 0.684. The van der Waals surface area contributed by atoms with Crippen molar-refractivity contribution < 1.29 is 0 Å². The van der Waals surface area contributed by atoms with Gasteiger partial charge in [0.15, 0.2) is 0 Å². The lowest BCUT2D eigenvalue weighted by Gasteiger charge is -2.24. The molecule has 0 spiro atoms. The molecule has 0 saturated carbocycles. The highest BCUT2D eigenvalue weighted by atomic mass is 35.5. The third-order valence-corrected chi connectivity index (χ3v) is 3.77. The summed E-state index contributed by atoms with van der Waals surface area (Å²) in [5.74, 6) is 0.823. The summed E-state index contributed by atoms with van der Waals surface area (Å²) >= 11 is 11.5. The second-order valence-corrected chi connectivity index (χ2v) is 4.92. The van der Waals surface area contributed by atoms with Crippen LogP contribution < -0.4 is 5.32 Å². The minimum Gasteiger partial charge on any atom is -0.312 e. The van der Waals surface area contributed by atoms with Gasteiger partial charge in [-0.15, -0.1) is 0 Å². The van der Waals surface area contributed by atoms with Crippen LogP contribution in [0.4, 0.5) is 0 Å². The molecule has 2 aliphatic heterocycles. The number of nitrogens with zero attached hydrogens (tertiary/aromatic N) is 1. The maximum absolute atomic E-state index is 5.91. The zero-order valence-corrected chi connectivity index (χ0v) is 9.69. The second-order valence-electron chi connectivity index (χ2n) is 4.21. The Morgan fingerprint density at radius 1 is 1.50 bits per heavy atom. The first-order valence-corrected chi connectivity index (χ1v) is 6.01. The molecule has 0 aromatic rings. The van der Waals surface area contributed by atoms with E-state index < -0.39 is 0 Å². The van der Waals surface area contributed by atoms with Gasteiger partial charge in [-0.05, 0) is 25.3 Å². The summed E-state index contributed by atoms with van der Waals surface area (Å²) in [5.41, 5.74) is 1.47. The van der Waals surface area contributed by atoms with E-state index in [1.54, 1.807) is 0 Å². The molecule has 2 fully saturated rings. The van der Waals surface area contributed by atoms with E-state index in [1.165, 1.54) is 31.5 Å². The molecule has 0 aromatic heterocycles. The van der Waals surface area contributed by atoms with Gasteiger partial charge in [0, 0.05) is 36.2 Å². The highest BCUT2D eigenvalue weighted by Crippen LogP contribution is 2.25. The normalized spacial score (nSPS) is 34.6. The highest BCUT2D eigenvalue weighted by molar-refractivity contribution is 6.36. The van der Waals surface area contributed by atoms with Crippen molar-refractivity contribution in [1.29, 1.82) is 0 Å². The van der Waals surface area contributed by atoms with Gasteiger partial charge >= 0.3 is 0 Å². The molecule has 2 heterocycles. The molecule has 1 N–H and O–H groups in total. The number of piperidine rings is 1. The quantitative estimate of drug-likeness (QED) is 0.787. The van der Waals surface area contributed by atoms with Crippen LogP contribution in [0, 0.1) is 5.92 Å². The first-order chi connectivity index (χ1) is 6.79. The van der Waals surface area contributed by atoms with Gasteiger partial charge in [0.05, 0.1) is 0 Å². The van der Waals surface area contributed by atoms with Crippen LogP contribution >= 0.6 is 23.2 Å². The molecule has 2 atom stereocenters. The number of likely N-dealkylation sites (tertiary alicyclic amines) is 1. The van der Waals surface area contributed by atoms with Crippen molar-refractivity contribution in [1.82, 2.24) is 10.2 Å². The van der Waals surface area contributed by atoms with Gasteiger partial charge in [-0.1, -0.05) is 23.2 Å². The molecule has 0 aliphatic carbocycles. The standard InChI is InChI=1S/C10H16Cl2N2/c11-4-9(12)6-14-5-8-2-1-3-13-10(8)7-14/h4,8,10,13H,1-3,5-7H2/b9-4+. The molecule has 14 heavy (non-hydrogen) atoms. The van der Waals surface area contributed by atoms with Crippen molar-refractivity contribution in [2.24, 2.45) is 5.92 Å². The molecular formula is C10H16Cl2N2. The first-order valence-electron chi connectivity index (χ1n) is 5.20. The molecule has 0 amide bonds. The summed E-state index contributed by atoms with van der Waals surface area (Å²) < 4.78 is 0. The molecule has 2 unspecified atom stereocenters. The number of nitrogens with one attached hydrogen (secondary N) is 1. The Labute approximate surface area is 95.2 Å². The van der Waals surface area contributed by atoms with Crippen molar-refractivity contribution >= 4 is 23.2 Å². The number of hydrogen-bond acceptors (Lipinski definition) is 2. The molecule has 0 radical (unpaired) electrons. The van der Waals surface area contributed by atoms with E-state index in [2.05, 4.69) is 10.2 Å². The fourth-order valence-corrected chi connectivity index (χ4v) is 2.75. The van der Waals surface area contributed by atoms with E-state index in [1.807, 2.05) is 0 Å². The van der Waals surface area contributed by atoms with E-state index in [4.69, 9.17) is 23.2 Å². The van der Waals surface area contributed by atoms with Crippen molar-refractivity contribution in [2.45, 2.75) is 18.9 Å². The average molecular weight is 235 g/mol. The molecule has 2 nitrogen and oxygen atoms in total. The smallest absolute Gasteiger partial charge is 0.0434 e. The Morgan fingerprint density at radius 2 is 2.36 bits per heavy atom. The van der Waals surface area contributed by atoms with Crippen LogP contribution in [0.1, 0.15) is 12.8 Å². The molecule has 2 saturated heterocycles.